The molecule has 0 bridgehead atoms. The third-order valence-corrected chi connectivity index (χ3v) is 3.67. The molecule has 0 atom stereocenters. The molecule has 1 saturated carbocycles. The van der Waals surface area contributed by atoms with Crippen molar-refractivity contribution in [3.8, 4) is 0 Å². The van der Waals surface area contributed by atoms with Gasteiger partial charge in [-0.05, 0) is 25.0 Å². The maximum Gasteiger partial charge on any atom is 0.421 e. The molecule has 1 aliphatic rings. The Kier molecular flexibility index (Phi) is 3.29. The fourth-order valence-corrected chi connectivity index (χ4v) is 2.31. The number of hydrogen-bond donors (Lipinski definition) is 3. The number of H-pyrrole nitrogens is 1. The Morgan fingerprint density at radius 2 is 2.00 bits per heavy atom. The first kappa shape index (κ1) is 14.7. The highest BCUT2D eigenvalue weighted by molar-refractivity contribution is 5.80. The molecule has 6 nitrogen and oxygen atoms in total. The third kappa shape index (κ3) is 2.97. The van der Waals surface area contributed by atoms with Crippen LogP contribution in [0.1, 0.15) is 18.4 Å². The van der Waals surface area contributed by atoms with Gasteiger partial charge in [-0.2, -0.15) is 18.2 Å². The Bertz CT molecular complexity index is 884. The average molecular weight is 334 g/mol. The predicted octanol–water partition coefficient (Wildman–Crippen LogP) is 3.69. The summed E-state index contributed by atoms with van der Waals surface area (Å²) in [6, 6.07) is 3.74. The quantitative estimate of drug-likeness (QED) is 0.678. The number of rotatable bonds is 4. The minimum absolute atomic E-state index is 0.184. The molecule has 0 aromatic carbocycles. The molecule has 3 N–H and O–H groups in total. The van der Waals surface area contributed by atoms with Crippen molar-refractivity contribution < 1.29 is 13.2 Å². The number of pyridine rings is 1. The molecule has 9 heteroatoms. The zero-order chi connectivity index (χ0) is 16.7. The predicted molar refractivity (Wildman–Crippen MR) is 83.1 cm³/mol. The summed E-state index contributed by atoms with van der Waals surface area (Å²) in [5.41, 5.74) is 0.164. The number of nitrogens with zero attached hydrogens (tertiary/aromatic N) is 3. The normalized spacial score (nSPS) is 14.8. The van der Waals surface area contributed by atoms with Crippen molar-refractivity contribution >= 4 is 28.5 Å². The zero-order valence-corrected chi connectivity index (χ0v) is 12.4. The standard InChI is InChI=1S/C15H13F3N6/c16-15(17,18)11-7-21-14(23-9-1-2-9)24-13(11)22-10-5-8-3-4-19-12(8)20-6-10/h3-7,9H,1-2H2,(H,19,20)(H2,21,22,23,24). The molecule has 3 heterocycles. The Balaban J connectivity index is 1.69. The topological polar surface area (TPSA) is 78.5 Å². The lowest BCUT2D eigenvalue weighted by atomic mass is 10.2. The van der Waals surface area contributed by atoms with Crippen LogP contribution in [0.15, 0.2) is 30.7 Å². The van der Waals surface area contributed by atoms with E-state index in [0.717, 1.165) is 24.4 Å². The van der Waals surface area contributed by atoms with E-state index in [1.807, 2.05) is 0 Å². The second-order valence-electron chi connectivity index (χ2n) is 5.64. The molecule has 3 aromatic heterocycles. The highest BCUT2D eigenvalue weighted by atomic mass is 19.4. The Hall–Kier alpha value is -2.84. The van der Waals surface area contributed by atoms with Crippen molar-refractivity contribution in [3.63, 3.8) is 0 Å². The fourth-order valence-electron chi connectivity index (χ4n) is 2.31. The minimum Gasteiger partial charge on any atom is -0.351 e. The summed E-state index contributed by atoms with van der Waals surface area (Å²) in [6.07, 6.45) is 1.36. The maximum atomic E-state index is 13.2. The molecule has 0 amide bonds. The first-order chi connectivity index (χ1) is 11.5. The number of hydrogen-bond acceptors (Lipinski definition) is 5. The van der Waals surface area contributed by atoms with Crippen molar-refractivity contribution in [3.05, 3.63) is 36.3 Å². The van der Waals surface area contributed by atoms with E-state index in [9.17, 15) is 13.2 Å². The van der Waals surface area contributed by atoms with Gasteiger partial charge in [-0.15, -0.1) is 0 Å². The third-order valence-electron chi connectivity index (χ3n) is 3.67. The molecule has 0 aliphatic heterocycles. The highest BCUT2D eigenvalue weighted by Gasteiger charge is 2.35. The molecule has 0 unspecified atom stereocenters. The number of fused-ring (bicyclic) bond motifs is 1. The van der Waals surface area contributed by atoms with Crippen LogP contribution >= 0.6 is 0 Å². The molecule has 1 aliphatic carbocycles. The summed E-state index contributed by atoms with van der Waals surface area (Å²) >= 11 is 0. The number of alkyl halides is 3. The van der Waals surface area contributed by atoms with Crippen LogP contribution < -0.4 is 10.6 Å². The fraction of sp³-hybridized carbons (Fsp3) is 0.267. The van der Waals surface area contributed by atoms with Gasteiger partial charge in [0.05, 0.1) is 11.9 Å². The SMILES string of the molecule is FC(F)(F)c1cnc(NC2CC2)nc1Nc1cnc2[nH]ccc2c1. The first-order valence-corrected chi connectivity index (χ1v) is 7.40. The summed E-state index contributed by atoms with van der Waals surface area (Å²) in [5.74, 6) is -0.110. The van der Waals surface area contributed by atoms with Gasteiger partial charge in [0.2, 0.25) is 5.95 Å². The monoisotopic (exact) mass is 334 g/mol. The van der Waals surface area contributed by atoms with Gasteiger partial charge in [0, 0.05) is 23.8 Å². The van der Waals surface area contributed by atoms with Crippen LogP contribution in [0, 0.1) is 0 Å². The van der Waals surface area contributed by atoms with E-state index in [4.69, 9.17) is 0 Å². The molecule has 1 fully saturated rings. The summed E-state index contributed by atoms with van der Waals surface area (Å²) < 4.78 is 39.6. The summed E-state index contributed by atoms with van der Waals surface area (Å²) in [6.45, 7) is 0. The molecule has 0 spiro atoms. The summed E-state index contributed by atoms with van der Waals surface area (Å²) in [4.78, 5) is 14.8. The number of nitrogens with one attached hydrogen (secondary N) is 3. The number of halogens is 3. The van der Waals surface area contributed by atoms with Crippen LogP contribution in [0.2, 0.25) is 0 Å². The molecule has 0 radical (unpaired) electrons. The van der Waals surface area contributed by atoms with Crippen LogP contribution in [0.25, 0.3) is 11.0 Å². The minimum atomic E-state index is -4.55. The van der Waals surface area contributed by atoms with E-state index in [1.54, 1.807) is 18.3 Å². The van der Waals surface area contributed by atoms with Crippen LogP contribution in [-0.4, -0.2) is 26.0 Å². The van der Waals surface area contributed by atoms with E-state index in [-0.39, 0.29) is 17.8 Å². The van der Waals surface area contributed by atoms with Gasteiger partial charge in [-0.25, -0.2) is 9.97 Å². The van der Waals surface area contributed by atoms with Gasteiger partial charge in [0.25, 0.3) is 0 Å². The van der Waals surface area contributed by atoms with Crippen molar-refractivity contribution in [1.29, 1.82) is 0 Å². The van der Waals surface area contributed by atoms with Crippen molar-refractivity contribution in [1.82, 2.24) is 19.9 Å². The van der Waals surface area contributed by atoms with Gasteiger partial charge >= 0.3 is 6.18 Å². The number of aromatic nitrogens is 4. The van der Waals surface area contributed by atoms with Gasteiger partial charge < -0.3 is 15.6 Å². The summed E-state index contributed by atoms with van der Waals surface area (Å²) in [5, 5.41) is 6.49. The first-order valence-electron chi connectivity index (χ1n) is 7.40. The lowest BCUT2D eigenvalue weighted by molar-refractivity contribution is -0.137. The Labute approximate surface area is 134 Å². The van der Waals surface area contributed by atoms with E-state index in [0.29, 0.717) is 11.3 Å². The smallest absolute Gasteiger partial charge is 0.351 e. The van der Waals surface area contributed by atoms with E-state index < -0.39 is 11.7 Å². The molecule has 0 saturated heterocycles. The van der Waals surface area contributed by atoms with Gasteiger partial charge in [0.15, 0.2) is 0 Å². The van der Waals surface area contributed by atoms with E-state index in [1.165, 1.54) is 6.20 Å². The molecule has 124 valence electrons. The average Bonchev–Trinajstić information content (AvgIpc) is 3.21. The second-order valence-corrected chi connectivity index (χ2v) is 5.64. The Morgan fingerprint density at radius 3 is 2.75 bits per heavy atom. The van der Waals surface area contributed by atoms with Crippen LogP contribution in [0.4, 0.5) is 30.6 Å². The molecule has 24 heavy (non-hydrogen) atoms. The largest absolute Gasteiger partial charge is 0.421 e. The van der Waals surface area contributed by atoms with E-state index >= 15 is 0 Å². The van der Waals surface area contributed by atoms with Crippen LogP contribution in [-0.2, 0) is 6.18 Å². The van der Waals surface area contributed by atoms with Crippen molar-refractivity contribution in [2.24, 2.45) is 0 Å². The number of anilines is 3. The molecule has 3 aromatic rings. The molecular formula is C15H13F3N6. The van der Waals surface area contributed by atoms with Gasteiger partial charge in [0.1, 0.15) is 17.0 Å². The number of aromatic amines is 1. The highest BCUT2D eigenvalue weighted by Crippen LogP contribution is 2.35. The lowest BCUT2D eigenvalue weighted by Crippen LogP contribution is -2.14. The van der Waals surface area contributed by atoms with Gasteiger partial charge in [-0.3, -0.25) is 0 Å². The second kappa shape index (κ2) is 5.36. The maximum absolute atomic E-state index is 13.2. The zero-order valence-electron chi connectivity index (χ0n) is 12.4. The van der Waals surface area contributed by atoms with Crippen molar-refractivity contribution in [2.45, 2.75) is 25.1 Å². The molecule has 4 rings (SSSR count). The summed E-state index contributed by atoms with van der Waals surface area (Å²) in [7, 11) is 0. The van der Waals surface area contributed by atoms with Crippen LogP contribution in [0.3, 0.4) is 0 Å². The lowest BCUT2D eigenvalue weighted by Gasteiger charge is -2.14. The Morgan fingerprint density at radius 1 is 1.17 bits per heavy atom. The molecular weight excluding hydrogens is 321 g/mol. The van der Waals surface area contributed by atoms with Gasteiger partial charge in [-0.1, -0.05) is 0 Å². The van der Waals surface area contributed by atoms with Crippen molar-refractivity contribution in [2.75, 3.05) is 10.6 Å². The van der Waals surface area contributed by atoms with Crippen LogP contribution in [0.5, 0.6) is 0 Å². The van der Waals surface area contributed by atoms with E-state index in [2.05, 4.69) is 30.6 Å².